The smallest absolute Gasteiger partial charge is 0.325 e. The number of aliphatic hydroxyl groups excluding tert-OH is 1. The molecule has 174 valence electrons. The summed E-state index contributed by atoms with van der Waals surface area (Å²) < 4.78 is 0. The second-order valence-electron chi connectivity index (χ2n) is 7.70. The Morgan fingerprint density at radius 1 is 0.969 bits per heavy atom. The van der Waals surface area contributed by atoms with Crippen LogP contribution in [0.4, 0.5) is 0 Å². The highest BCUT2D eigenvalue weighted by molar-refractivity contribution is 5.94. The standard InChI is InChI=1S/C21H29N5O6/c1-10(18(28)25-11(2)21(31)32)24-20(30)17(12(3)27)26-19(29)15(22)8-13-9-23-16-7-5-4-6-14(13)16/h4-7,9-12,15,17,23,27H,8,22H2,1-3H3,(H,24,30)(H,25,28)(H,26,29)(H,31,32). The van der Waals surface area contributed by atoms with E-state index in [1.165, 1.54) is 20.8 Å². The number of nitrogens with two attached hydrogens (primary N) is 1. The molecule has 32 heavy (non-hydrogen) atoms. The van der Waals surface area contributed by atoms with Crippen molar-refractivity contribution >= 4 is 34.6 Å². The van der Waals surface area contributed by atoms with Gasteiger partial charge in [0.2, 0.25) is 17.7 Å². The number of carbonyl (C=O) groups is 4. The van der Waals surface area contributed by atoms with E-state index in [1.807, 2.05) is 24.3 Å². The number of hydrogen-bond acceptors (Lipinski definition) is 6. The Hall–Kier alpha value is -3.44. The van der Waals surface area contributed by atoms with Crippen LogP contribution in [0.2, 0.25) is 0 Å². The lowest BCUT2D eigenvalue weighted by Gasteiger charge is -2.24. The van der Waals surface area contributed by atoms with Crippen molar-refractivity contribution in [2.45, 2.75) is 57.5 Å². The van der Waals surface area contributed by atoms with Crippen LogP contribution in [0.5, 0.6) is 0 Å². The molecular weight excluding hydrogens is 418 g/mol. The quantitative estimate of drug-likeness (QED) is 0.243. The van der Waals surface area contributed by atoms with Gasteiger partial charge in [0.15, 0.2) is 0 Å². The van der Waals surface area contributed by atoms with Gasteiger partial charge in [-0.15, -0.1) is 0 Å². The Morgan fingerprint density at radius 2 is 1.59 bits per heavy atom. The molecule has 0 saturated heterocycles. The number of H-pyrrole nitrogens is 1. The van der Waals surface area contributed by atoms with Gasteiger partial charge in [0.25, 0.3) is 0 Å². The number of aliphatic carboxylic acids is 1. The van der Waals surface area contributed by atoms with Gasteiger partial charge in [-0.25, -0.2) is 0 Å². The van der Waals surface area contributed by atoms with Crippen molar-refractivity contribution in [1.29, 1.82) is 0 Å². The van der Waals surface area contributed by atoms with Gasteiger partial charge in [-0.2, -0.15) is 0 Å². The van der Waals surface area contributed by atoms with E-state index in [0.717, 1.165) is 16.5 Å². The average molecular weight is 447 g/mol. The lowest BCUT2D eigenvalue weighted by Crippen LogP contribution is -2.59. The first-order valence-corrected chi connectivity index (χ1v) is 10.1. The minimum Gasteiger partial charge on any atom is -0.480 e. The molecule has 5 unspecified atom stereocenters. The number of carboxylic acid groups (broad SMARTS) is 1. The number of carbonyl (C=O) groups excluding carboxylic acids is 3. The number of carboxylic acids is 1. The average Bonchev–Trinajstić information content (AvgIpc) is 3.13. The van der Waals surface area contributed by atoms with Gasteiger partial charge in [-0.05, 0) is 38.8 Å². The number of hydrogen-bond donors (Lipinski definition) is 7. The molecule has 1 aromatic carbocycles. The number of aliphatic hydroxyl groups is 1. The van der Waals surface area contributed by atoms with E-state index in [4.69, 9.17) is 10.8 Å². The zero-order chi connectivity index (χ0) is 24.0. The third-order valence-electron chi connectivity index (χ3n) is 5.00. The van der Waals surface area contributed by atoms with Crippen molar-refractivity contribution in [2.75, 3.05) is 0 Å². The molecule has 0 saturated carbocycles. The van der Waals surface area contributed by atoms with Crippen molar-refractivity contribution in [1.82, 2.24) is 20.9 Å². The number of amides is 3. The first-order valence-electron chi connectivity index (χ1n) is 10.1. The van der Waals surface area contributed by atoms with Crippen molar-refractivity contribution in [3.8, 4) is 0 Å². The van der Waals surface area contributed by atoms with E-state index >= 15 is 0 Å². The highest BCUT2D eigenvalue weighted by atomic mass is 16.4. The molecule has 0 fully saturated rings. The highest BCUT2D eigenvalue weighted by Gasteiger charge is 2.30. The fourth-order valence-electron chi connectivity index (χ4n) is 3.06. The molecule has 0 spiro atoms. The van der Waals surface area contributed by atoms with Crippen LogP contribution in [0, 0.1) is 0 Å². The molecule has 0 aliphatic carbocycles. The molecule has 8 N–H and O–H groups in total. The zero-order valence-corrected chi connectivity index (χ0v) is 18.1. The SMILES string of the molecule is CC(NC(=O)C(C)NC(=O)C(NC(=O)C(N)Cc1c[nH]c2ccccc12)C(C)O)C(=O)O. The summed E-state index contributed by atoms with van der Waals surface area (Å²) in [7, 11) is 0. The summed E-state index contributed by atoms with van der Waals surface area (Å²) in [4.78, 5) is 51.1. The van der Waals surface area contributed by atoms with Crippen molar-refractivity contribution in [3.63, 3.8) is 0 Å². The normalized spacial score (nSPS) is 15.8. The van der Waals surface area contributed by atoms with Gasteiger partial charge in [0.1, 0.15) is 18.1 Å². The maximum Gasteiger partial charge on any atom is 0.325 e. The lowest BCUT2D eigenvalue weighted by atomic mass is 10.0. The summed E-state index contributed by atoms with van der Waals surface area (Å²) in [6, 6.07) is 2.96. The molecule has 0 radical (unpaired) electrons. The van der Waals surface area contributed by atoms with Gasteiger partial charge in [-0.1, -0.05) is 18.2 Å². The Morgan fingerprint density at radius 3 is 2.22 bits per heavy atom. The van der Waals surface area contributed by atoms with Crippen LogP contribution >= 0.6 is 0 Å². The van der Waals surface area contributed by atoms with Gasteiger partial charge in [-0.3, -0.25) is 19.2 Å². The number of para-hydroxylation sites is 1. The number of fused-ring (bicyclic) bond motifs is 1. The third kappa shape index (κ3) is 6.28. The molecule has 5 atom stereocenters. The summed E-state index contributed by atoms with van der Waals surface area (Å²) in [6.07, 6.45) is 0.692. The van der Waals surface area contributed by atoms with E-state index in [-0.39, 0.29) is 6.42 Å². The number of rotatable bonds is 10. The van der Waals surface area contributed by atoms with Gasteiger partial charge in [0, 0.05) is 17.1 Å². The number of nitrogens with one attached hydrogen (secondary N) is 4. The van der Waals surface area contributed by atoms with Gasteiger partial charge < -0.3 is 36.9 Å². The van der Waals surface area contributed by atoms with E-state index < -0.39 is 54.0 Å². The van der Waals surface area contributed by atoms with Crippen LogP contribution in [0.15, 0.2) is 30.5 Å². The predicted molar refractivity (Wildman–Crippen MR) is 116 cm³/mol. The van der Waals surface area contributed by atoms with Gasteiger partial charge in [0.05, 0.1) is 12.1 Å². The predicted octanol–water partition coefficient (Wildman–Crippen LogP) is -1.00. The molecule has 0 aliphatic heterocycles. The van der Waals surface area contributed by atoms with E-state index in [2.05, 4.69) is 20.9 Å². The molecule has 2 rings (SSSR count). The molecule has 11 heteroatoms. The topological polar surface area (TPSA) is 187 Å². The fourth-order valence-corrected chi connectivity index (χ4v) is 3.06. The summed E-state index contributed by atoms with van der Waals surface area (Å²) in [5, 5.41) is 26.8. The number of benzene rings is 1. The molecule has 3 amide bonds. The minimum atomic E-state index is -1.36. The Labute approximate surface area is 184 Å². The molecule has 0 aliphatic rings. The third-order valence-corrected chi connectivity index (χ3v) is 5.00. The van der Waals surface area contributed by atoms with E-state index in [0.29, 0.717) is 0 Å². The van der Waals surface area contributed by atoms with Crippen LogP contribution in [-0.4, -0.2) is 69.2 Å². The lowest BCUT2D eigenvalue weighted by molar-refractivity contribution is -0.141. The monoisotopic (exact) mass is 447 g/mol. The molecule has 0 bridgehead atoms. The molecular formula is C21H29N5O6. The summed E-state index contributed by atoms with van der Waals surface area (Å²) >= 11 is 0. The summed E-state index contributed by atoms with van der Waals surface area (Å²) in [5.74, 6) is -3.40. The Balaban J connectivity index is 1.98. The first kappa shape index (κ1) is 24.8. The minimum absolute atomic E-state index is 0.204. The largest absolute Gasteiger partial charge is 0.480 e. The summed E-state index contributed by atoms with van der Waals surface area (Å²) in [6.45, 7) is 3.95. The Bertz CT molecular complexity index is 988. The Kier molecular flexibility index (Phi) is 8.33. The second kappa shape index (κ2) is 10.7. The van der Waals surface area contributed by atoms with E-state index in [1.54, 1.807) is 6.20 Å². The van der Waals surface area contributed by atoms with Crippen molar-refractivity contribution in [2.24, 2.45) is 5.73 Å². The molecule has 1 aromatic heterocycles. The maximum atomic E-state index is 12.6. The van der Waals surface area contributed by atoms with Crippen LogP contribution in [0.25, 0.3) is 10.9 Å². The zero-order valence-electron chi connectivity index (χ0n) is 18.1. The van der Waals surface area contributed by atoms with Crippen LogP contribution in [-0.2, 0) is 25.6 Å². The fraction of sp³-hybridized carbons (Fsp3) is 0.429. The van der Waals surface area contributed by atoms with Crippen molar-refractivity contribution < 1.29 is 29.4 Å². The van der Waals surface area contributed by atoms with Crippen molar-refractivity contribution in [3.05, 3.63) is 36.0 Å². The number of aromatic nitrogens is 1. The molecule has 2 aromatic rings. The van der Waals surface area contributed by atoms with Gasteiger partial charge >= 0.3 is 5.97 Å². The summed E-state index contributed by atoms with van der Waals surface area (Å²) in [5.41, 5.74) is 7.76. The van der Waals surface area contributed by atoms with Crippen LogP contribution in [0.1, 0.15) is 26.3 Å². The van der Waals surface area contributed by atoms with Crippen LogP contribution < -0.4 is 21.7 Å². The highest BCUT2D eigenvalue weighted by Crippen LogP contribution is 2.18. The molecule has 1 heterocycles. The first-order chi connectivity index (χ1) is 15.0. The molecule has 11 nitrogen and oxygen atoms in total. The second-order valence-corrected chi connectivity index (χ2v) is 7.70. The van der Waals surface area contributed by atoms with E-state index in [9.17, 15) is 24.3 Å². The number of aromatic amines is 1. The maximum absolute atomic E-state index is 12.6. The van der Waals surface area contributed by atoms with Crippen LogP contribution in [0.3, 0.4) is 0 Å².